The summed E-state index contributed by atoms with van der Waals surface area (Å²) in [5.74, 6) is -0.163. The van der Waals surface area contributed by atoms with Crippen LogP contribution in [0.4, 0.5) is 0 Å². The van der Waals surface area contributed by atoms with Gasteiger partial charge in [-0.3, -0.25) is 14.2 Å². The van der Waals surface area contributed by atoms with Crippen LogP contribution in [0.3, 0.4) is 0 Å². The molecule has 0 aliphatic rings. The number of benzene rings is 2. The lowest BCUT2D eigenvalue weighted by molar-refractivity contribution is 0.0952. The summed E-state index contributed by atoms with van der Waals surface area (Å²) >= 11 is 0. The van der Waals surface area contributed by atoms with Gasteiger partial charge < -0.3 is 9.88 Å². The topological polar surface area (TPSA) is 99.6 Å². The Kier molecular flexibility index (Phi) is 5.98. The van der Waals surface area contributed by atoms with Crippen LogP contribution in [0.15, 0.2) is 90.6 Å². The zero-order chi connectivity index (χ0) is 23.3. The Hall–Kier alpha value is -4.53. The van der Waals surface area contributed by atoms with E-state index in [9.17, 15) is 9.59 Å². The Morgan fingerprint density at radius 2 is 1.74 bits per heavy atom. The highest BCUT2D eigenvalue weighted by Gasteiger charge is 2.11. The predicted octanol–water partition coefficient (Wildman–Crippen LogP) is 2.32. The Morgan fingerprint density at radius 1 is 0.941 bits per heavy atom. The summed E-state index contributed by atoms with van der Waals surface area (Å²) in [6.45, 7) is 1.92. The standard InChI is InChI=1S/C25H23N7O2/c33-24(21-8-6-20(7-9-21)15-30-12-10-26-17-30)27-11-13-32-23-22(14-29-32)25(34)31(18-28-23)16-19-4-2-1-3-5-19/h1-10,12,14,17-18H,11,13,15-16H2,(H,27,33). The van der Waals surface area contributed by atoms with Gasteiger partial charge in [-0.15, -0.1) is 0 Å². The van der Waals surface area contributed by atoms with Gasteiger partial charge in [0.15, 0.2) is 5.65 Å². The number of amides is 1. The van der Waals surface area contributed by atoms with Crippen LogP contribution in [0, 0.1) is 0 Å². The van der Waals surface area contributed by atoms with Crippen LogP contribution in [-0.2, 0) is 19.6 Å². The zero-order valence-electron chi connectivity index (χ0n) is 18.4. The van der Waals surface area contributed by atoms with Gasteiger partial charge in [-0.2, -0.15) is 5.10 Å². The second kappa shape index (κ2) is 9.53. The third-order valence-electron chi connectivity index (χ3n) is 5.57. The molecule has 0 saturated heterocycles. The van der Waals surface area contributed by atoms with Crippen LogP contribution >= 0.6 is 0 Å². The molecule has 0 aliphatic heterocycles. The lowest BCUT2D eigenvalue weighted by atomic mass is 10.1. The molecule has 1 amide bonds. The molecular weight excluding hydrogens is 430 g/mol. The first-order valence-electron chi connectivity index (χ1n) is 10.9. The smallest absolute Gasteiger partial charge is 0.264 e. The second-order valence-electron chi connectivity index (χ2n) is 7.96. The van der Waals surface area contributed by atoms with Gasteiger partial charge in [-0.05, 0) is 23.3 Å². The minimum Gasteiger partial charge on any atom is -0.350 e. The van der Waals surface area contributed by atoms with Crippen molar-refractivity contribution in [3.63, 3.8) is 0 Å². The number of nitrogens with one attached hydrogen (secondary N) is 1. The molecular formula is C25H23N7O2. The minimum absolute atomic E-state index is 0.139. The van der Waals surface area contributed by atoms with Gasteiger partial charge >= 0.3 is 0 Å². The summed E-state index contributed by atoms with van der Waals surface area (Å²) in [6, 6.07) is 17.2. The van der Waals surface area contributed by atoms with Crippen LogP contribution in [0.5, 0.6) is 0 Å². The SMILES string of the molecule is O=C(NCCn1ncc2c(=O)n(Cc3ccccc3)cnc21)c1ccc(Cn2ccnc2)cc1. The van der Waals surface area contributed by atoms with E-state index in [1.165, 1.54) is 6.20 Å². The molecule has 0 radical (unpaired) electrons. The molecule has 0 saturated carbocycles. The van der Waals surface area contributed by atoms with Gasteiger partial charge in [0.05, 0.1) is 25.6 Å². The summed E-state index contributed by atoms with van der Waals surface area (Å²) in [5, 5.41) is 7.66. The molecule has 5 aromatic rings. The average molecular weight is 454 g/mol. The number of carbonyl (C=O) groups excluding carboxylic acids is 1. The van der Waals surface area contributed by atoms with Crippen LogP contribution in [-0.4, -0.2) is 41.3 Å². The number of hydrogen-bond acceptors (Lipinski definition) is 5. The van der Waals surface area contributed by atoms with E-state index in [0.29, 0.717) is 42.8 Å². The third-order valence-corrected chi connectivity index (χ3v) is 5.57. The van der Waals surface area contributed by atoms with Crippen molar-refractivity contribution < 1.29 is 4.79 Å². The Balaban J connectivity index is 1.20. The third kappa shape index (κ3) is 4.63. The molecule has 34 heavy (non-hydrogen) atoms. The maximum Gasteiger partial charge on any atom is 0.264 e. The minimum atomic E-state index is -0.163. The van der Waals surface area contributed by atoms with Crippen molar-refractivity contribution in [2.75, 3.05) is 6.54 Å². The number of hydrogen-bond donors (Lipinski definition) is 1. The fourth-order valence-corrected chi connectivity index (χ4v) is 3.78. The number of aromatic nitrogens is 6. The quantitative estimate of drug-likeness (QED) is 0.389. The molecule has 3 aromatic heterocycles. The lowest BCUT2D eigenvalue weighted by Gasteiger charge is -2.08. The Morgan fingerprint density at radius 3 is 2.50 bits per heavy atom. The van der Waals surface area contributed by atoms with Gasteiger partial charge in [0, 0.05) is 31.0 Å². The first kappa shape index (κ1) is 21.3. The molecule has 0 spiro atoms. The maximum atomic E-state index is 12.8. The normalized spacial score (nSPS) is 11.1. The summed E-state index contributed by atoms with van der Waals surface area (Å²) in [4.78, 5) is 33.8. The maximum absolute atomic E-state index is 12.8. The van der Waals surface area contributed by atoms with Crippen molar-refractivity contribution in [1.82, 2.24) is 34.2 Å². The van der Waals surface area contributed by atoms with Gasteiger partial charge in [0.2, 0.25) is 0 Å². The predicted molar refractivity (Wildman–Crippen MR) is 127 cm³/mol. The second-order valence-corrected chi connectivity index (χ2v) is 7.96. The van der Waals surface area contributed by atoms with Gasteiger partial charge in [0.1, 0.15) is 11.7 Å². The Labute approximate surface area is 195 Å². The molecule has 0 aliphatic carbocycles. The number of carbonyl (C=O) groups is 1. The monoisotopic (exact) mass is 453 g/mol. The molecule has 9 nitrogen and oxygen atoms in total. The zero-order valence-corrected chi connectivity index (χ0v) is 18.4. The largest absolute Gasteiger partial charge is 0.350 e. The summed E-state index contributed by atoms with van der Waals surface area (Å²) < 4.78 is 5.17. The molecule has 0 bridgehead atoms. The van der Waals surface area contributed by atoms with E-state index in [0.717, 1.165) is 11.1 Å². The van der Waals surface area contributed by atoms with Crippen LogP contribution in [0.2, 0.25) is 0 Å². The number of imidazole rings is 1. The summed E-state index contributed by atoms with van der Waals surface area (Å²) in [5.41, 5.74) is 3.06. The lowest BCUT2D eigenvalue weighted by Crippen LogP contribution is -2.27. The average Bonchev–Trinajstić information content (AvgIpc) is 3.52. The fourth-order valence-electron chi connectivity index (χ4n) is 3.78. The molecule has 0 fully saturated rings. The van der Waals surface area contributed by atoms with Crippen molar-refractivity contribution in [3.05, 3.63) is 113 Å². The van der Waals surface area contributed by atoms with E-state index in [1.807, 2.05) is 65.4 Å². The molecule has 2 aromatic carbocycles. The Bertz CT molecular complexity index is 1450. The van der Waals surface area contributed by atoms with Crippen LogP contribution < -0.4 is 10.9 Å². The van der Waals surface area contributed by atoms with Crippen molar-refractivity contribution in [2.24, 2.45) is 0 Å². The molecule has 3 heterocycles. The molecule has 0 atom stereocenters. The first-order valence-corrected chi connectivity index (χ1v) is 10.9. The van der Waals surface area contributed by atoms with Crippen molar-refractivity contribution in [3.8, 4) is 0 Å². The highest BCUT2D eigenvalue weighted by atomic mass is 16.1. The van der Waals surface area contributed by atoms with E-state index in [1.54, 1.807) is 28.1 Å². The van der Waals surface area contributed by atoms with Gasteiger partial charge in [-0.1, -0.05) is 42.5 Å². The number of nitrogens with zero attached hydrogens (tertiary/aromatic N) is 6. The van der Waals surface area contributed by atoms with Crippen molar-refractivity contribution >= 4 is 16.9 Å². The van der Waals surface area contributed by atoms with E-state index < -0.39 is 0 Å². The van der Waals surface area contributed by atoms with E-state index >= 15 is 0 Å². The first-order chi connectivity index (χ1) is 16.7. The highest BCUT2D eigenvalue weighted by Crippen LogP contribution is 2.08. The van der Waals surface area contributed by atoms with Gasteiger partial charge in [0.25, 0.3) is 11.5 Å². The van der Waals surface area contributed by atoms with Gasteiger partial charge in [-0.25, -0.2) is 14.6 Å². The van der Waals surface area contributed by atoms with Crippen molar-refractivity contribution in [1.29, 1.82) is 0 Å². The fraction of sp³-hybridized carbons (Fsp3) is 0.160. The van der Waals surface area contributed by atoms with E-state index in [4.69, 9.17) is 0 Å². The molecule has 9 heteroatoms. The highest BCUT2D eigenvalue weighted by molar-refractivity contribution is 5.94. The van der Waals surface area contributed by atoms with E-state index in [-0.39, 0.29) is 11.5 Å². The summed E-state index contributed by atoms with van der Waals surface area (Å²) in [6.07, 6.45) is 8.47. The van der Waals surface area contributed by atoms with Crippen LogP contribution in [0.1, 0.15) is 21.5 Å². The van der Waals surface area contributed by atoms with Crippen LogP contribution in [0.25, 0.3) is 11.0 Å². The molecule has 0 unspecified atom stereocenters. The van der Waals surface area contributed by atoms with Crippen molar-refractivity contribution in [2.45, 2.75) is 19.6 Å². The number of rotatable bonds is 8. The number of fused-ring (bicyclic) bond motifs is 1. The summed E-state index contributed by atoms with van der Waals surface area (Å²) in [7, 11) is 0. The molecule has 1 N–H and O–H groups in total. The molecule has 5 rings (SSSR count). The van der Waals surface area contributed by atoms with E-state index in [2.05, 4.69) is 20.4 Å². The molecule has 170 valence electrons.